The van der Waals surface area contributed by atoms with Crippen LogP contribution in [-0.2, 0) is 0 Å². The van der Waals surface area contributed by atoms with Crippen molar-refractivity contribution in [2.45, 2.75) is 39.5 Å². The van der Waals surface area contributed by atoms with Crippen molar-refractivity contribution in [3.8, 4) is 34.4 Å². The van der Waals surface area contributed by atoms with Crippen LogP contribution in [0, 0.1) is 13.8 Å². The van der Waals surface area contributed by atoms with E-state index < -0.39 is 6.09 Å². The minimum absolute atomic E-state index is 0.0767. The summed E-state index contributed by atoms with van der Waals surface area (Å²) in [6, 6.07) is 20.4. The van der Waals surface area contributed by atoms with E-state index in [4.69, 9.17) is 23.9 Å². The van der Waals surface area contributed by atoms with Crippen molar-refractivity contribution in [1.29, 1.82) is 0 Å². The fourth-order valence-electron chi connectivity index (χ4n) is 5.30. The molecule has 0 saturated carbocycles. The number of aryl methyl sites for hydroxylation is 1. The third-order valence-electron chi connectivity index (χ3n) is 7.85. The van der Waals surface area contributed by atoms with Gasteiger partial charge in [-0.3, -0.25) is 5.32 Å². The molecule has 1 saturated heterocycles. The molecule has 1 fully saturated rings. The number of nitrogens with zero attached hydrogens (tertiary/aromatic N) is 3. The molecular weight excluding hydrogens is 570 g/mol. The molecule has 1 aliphatic heterocycles. The Morgan fingerprint density at radius 3 is 2.51 bits per heavy atom. The minimum atomic E-state index is -0.738. The van der Waals surface area contributed by atoms with Crippen molar-refractivity contribution in [3.05, 3.63) is 77.9 Å². The molecule has 0 bridgehead atoms. The lowest BCUT2D eigenvalue weighted by Crippen LogP contribution is -2.31. The lowest BCUT2D eigenvalue weighted by molar-refractivity contribution is 0.205. The highest BCUT2D eigenvalue weighted by atomic mass is 16.6. The van der Waals surface area contributed by atoms with Crippen molar-refractivity contribution >= 4 is 23.4 Å². The maximum atomic E-state index is 13.0. The van der Waals surface area contributed by atoms with Gasteiger partial charge in [-0.05, 0) is 81.6 Å². The first-order chi connectivity index (χ1) is 21.9. The maximum Gasteiger partial charge on any atom is 0.418 e. The highest BCUT2D eigenvalue weighted by molar-refractivity contribution is 5.88. The minimum Gasteiger partial charge on any atom is -0.497 e. The van der Waals surface area contributed by atoms with Crippen LogP contribution in [-0.4, -0.2) is 61.4 Å². The number of carbonyl (C=O) groups excluding carboxylic acids is 1. The number of hydrogen-bond acceptors (Lipinski definition) is 9. The number of anilines is 3. The van der Waals surface area contributed by atoms with E-state index >= 15 is 0 Å². The predicted octanol–water partition coefficient (Wildman–Crippen LogP) is 7.39. The highest BCUT2D eigenvalue weighted by Gasteiger charge is 2.16. The zero-order chi connectivity index (χ0) is 31.6. The zero-order valence-electron chi connectivity index (χ0n) is 26.4. The maximum absolute atomic E-state index is 13.0. The number of piperidine rings is 1. The van der Waals surface area contributed by atoms with Crippen LogP contribution in [0.4, 0.5) is 22.1 Å². The van der Waals surface area contributed by atoms with Gasteiger partial charge in [-0.25, -0.2) is 9.78 Å². The number of carbonyl (C=O) groups is 1. The van der Waals surface area contributed by atoms with E-state index in [2.05, 4.69) is 20.5 Å². The quantitative estimate of drug-likeness (QED) is 0.159. The number of amides is 1. The molecule has 5 rings (SSSR count). The first kappa shape index (κ1) is 31.6. The Morgan fingerprint density at radius 2 is 1.71 bits per heavy atom. The van der Waals surface area contributed by atoms with Crippen LogP contribution in [0.15, 0.2) is 66.7 Å². The molecule has 0 aliphatic carbocycles. The van der Waals surface area contributed by atoms with E-state index in [1.165, 1.54) is 39.5 Å². The standard InChI is InChI=1S/C35H41N5O5/c1-24-11-8-14-29(25(24)2)30-23-33(45-35(41)38-31-22-27(42-3)15-16-32(31)43-4)39-34(37-30)36-26-12-9-13-28(21-26)44-20-10-19-40-17-6-5-7-18-40/h8-9,11-16,21-23H,5-7,10,17-20H2,1-4H3,(H,38,41)(H,36,37,39). The molecule has 0 radical (unpaired) electrons. The SMILES string of the molecule is COc1ccc(OC)c(NC(=O)Oc2cc(-c3cccc(C)c3C)nc(Nc3cccc(OCCCN4CCCCC4)c3)n2)c1. The summed E-state index contributed by atoms with van der Waals surface area (Å²) in [5, 5.41) is 5.99. The molecule has 3 aromatic carbocycles. The van der Waals surface area contributed by atoms with Gasteiger partial charge in [0.05, 0.1) is 32.2 Å². The molecule has 2 N–H and O–H groups in total. The van der Waals surface area contributed by atoms with Gasteiger partial charge in [0, 0.05) is 36.0 Å². The van der Waals surface area contributed by atoms with Gasteiger partial charge in [0.15, 0.2) is 0 Å². The first-order valence-corrected chi connectivity index (χ1v) is 15.3. The number of hydrogen-bond donors (Lipinski definition) is 2. The Balaban J connectivity index is 1.33. The summed E-state index contributed by atoms with van der Waals surface area (Å²) in [7, 11) is 3.07. The largest absolute Gasteiger partial charge is 0.497 e. The van der Waals surface area contributed by atoms with Crippen LogP contribution in [0.2, 0.25) is 0 Å². The summed E-state index contributed by atoms with van der Waals surface area (Å²) in [4.78, 5) is 24.8. The van der Waals surface area contributed by atoms with Crippen molar-refractivity contribution in [3.63, 3.8) is 0 Å². The van der Waals surface area contributed by atoms with Gasteiger partial charge in [0.2, 0.25) is 11.8 Å². The summed E-state index contributed by atoms with van der Waals surface area (Å²) in [5.41, 5.74) is 4.86. The summed E-state index contributed by atoms with van der Waals surface area (Å²) in [6.45, 7) is 8.14. The van der Waals surface area contributed by atoms with Gasteiger partial charge < -0.3 is 29.2 Å². The van der Waals surface area contributed by atoms with Gasteiger partial charge in [-0.1, -0.05) is 30.7 Å². The Morgan fingerprint density at radius 1 is 0.889 bits per heavy atom. The molecule has 0 unspecified atom stereocenters. The monoisotopic (exact) mass is 611 g/mol. The number of benzene rings is 3. The van der Waals surface area contributed by atoms with Crippen molar-refractivity contribution < 1.29 is 23.7 Å². The van der Waals surface area contributed by atoms with Crippen molar-refractivity contribution in [2.24, 2.45) is 0 Å². The lowest BCUT2D eigenvalue weighted by atomic mass is 10.0. The number of likely N-dealkylation sites (tertiary alicyclic amines) is 1. The highest BCUT2D eigenvalue weighted by Crippen LogP contribution is 2.31. The Hall–Kier alpha value is -4.83. The van der Waals surface area contributed by atoms with Crippen LogP contribution < -0.4 is 29.6 Å². The summed E-state index contributed by atoms with van der Waals surface area (Å²) in [5.74, 6) is 2.13. The average Bonchev–Trinajstić information content (AvgIpc) is 3.05. The Kier molecular flexibility index (Phi) is 10.7. The smallest absolute Gasteiger partial charge is 0.418 e. The molecule has 0 atom stereocenters. The molecule has 236 valence electrons. The number of nitrogens with one attached hydrogen (secondary N) is 2. The second kappa shape index (κ2) is 15.3. The molecule has 2 heterocycles. The second-order valence-corrected chi connectivity index (χ2v) is 11.0. The van der Waals surface area contributed by atoms with Crippen molar-refractivity contribution in [2.75, 3.05) is 51.1 Å². The fraction of sp³-hybridized carbons (Fsp3) is 0.343. The molecular formula is C35H41N5O5. The molecule has 4 aromatic rings. The fourth-order valence-corrected chi connectivity index (χ4v) is 5.30. The third-order valence-corrected chi connectivity index (χ3v) is 7.85. The molecule has 1 aromatic heterocycles. The lowest BCUT2D eigenvalue weighted by Gasteiger charge is -2.26. The van der Waals surface area contributed by atoms with E-state index in [1.807, 2.05) is 56.3 Å². The van der Waals surface area contributed by atoms with Crippen molar-refractivity contribution in [1.82, 2.24) is 14.9 Å². The van der Waals surface area contributed by atoms with Gasteiger partial charge >= 0.3 is 6.09 Å². The van der Waals surface area contributed by atoms with Gasteiger partial charge in [0.1, 0.15) is 17.2 Å². The van der Waals surface area contributed by atoms with Crippen LogP contribution in [0.1, 0.15) is 36.8 Å². The van der Waals surface area contributed by atoms with E-state index in [1.54, 1.807) is 31.4 Å². The average molecular weight is 612 g/mol. The molecule has 10 heteroatoms. The van der Waals surface area contributed by atoms with E-state index in [0.717, 1.165) is 41.1 Å². The number of aromatic nitrogens is 2. The van der Waals surface area contributed by atoms with E-state index in [9.17, 15) is 4.79 Å². The topological polar surface area (TPSA) is 107 Å². The number of ether oxygens (including phenoxy) is 4. The Bertz CT molecular complexity index is 1610. The summed E-state index contributed by atoms with van der Waals surface area (Å²) in [6.07, 6.45) is 4.15. The summed E-state index contributed by atoms with van der Waals surface area (Å²) < 4.78 is 22.4. The molecule has 10 nitrogen and oxygen atoms in total. The van der Waals surface area contributed by atoms with E-state index in [-0.39, 0.29) is 11.8 Å². The second-order valence-electron chi connectivity index (χ2n) is 11.0. The molecule has 45 heavy (non-hydrogen) atoms. The van der Waals surface area contributed by atoms with Crippen LogP contribution >= 0.6 is 0 Å². The van der Waals surface area contributed by atoms with Gasteiger partial charge in [0.25, 0.3) is 0 Å². The van der Waals surface area contributed by atoms with Crippen LogP contribution in [0.25, 0.3) is 11.3 Å². The molecule has 0 spiro atoms. The molecule has 1 aliphatic rings. The number of rotatable bonds is 12. The molecule has 1 amide bonds. The first-order valence-electron chi connectivity index (χ1n) is 15.3. The van der Waals surface area contributed by atoms with Gasteiger partial charge in [-0.15, -0.1) is 0 Å². The normalized spacial score (nSPS) is 13.2. The zero-order valence-corrected chi connectivity index (χ0v) is 26.4. The van der Waals surface area contributed by atoms with Gasteiger partial charge in [-0.2, -0.15) is 4.98 Å². The van der Waals surface area contributed by atoms with E-state index in [0.29, 0.717) is 29.5 Å². The summed E-state index contributed by atoms with van der Waals surface area (Å²) >= 11 is 0. The Labute approximate surface area is 264 Å². The number of methoxy groups -OCH3 is 2. The van der Waals surface area contributed by atoms with Crippen LogP contribution in [0.5, 0.6) is 23.1 Å². The third kappa shape index (κ3) is 8.63. The van der Waals surface area contributed by atoms with Crippen LogP contribution in [0.3, 0.4) is 0 Å². The predicted molar refractivity (Wildman–Crippen MR) is 176 cm³/mol.